The minimum absolute atomic E-state index is 0. The fraction of sp³-hybridized carbons (Fsp3) is 0.857. The van der Waals surface area contributed by atoms with E-state index >= 15 is 0 Å². The molecule has 1 aliphatic carbocycles. The summed E-state index contributed by atoms with van der Waals surface area (Å²) in [5, 5.41) is 0. The van der Waals surface area contributed by atoms with Crippen LogP contribution in [0.3, 0.4) is 0 Å². The van der Waals surface area contributed by atoms with Crippen LogP contribution in [-0.2, 0) is 98.1 Å². The van der Waals surface area contributed by atoms with Gasteiger partial charge in [-0.1, -0.05) is 19.8 Å². The van der Waals surface area contributed by atoms with Crippen LogP contribution in [0.1, 0.15) is 32.6 Å². The van der Waals surface area contributed by atoms with E-state index in [1.165, 1.54) is 25.7 Å². The van der Waals surface area contributed by atoms with Gasteiger partial charge in [-0.05, 0) is 5.92 Å². The van der Waals surface area contributed by atoms with Gasteiger partial charge >= 0.3 is 0 Å². The van der Waals surface area contributed by atoms with Gasteiger partial charge in [0.15, 0.2) is 0 Å². The molecule has 0 saturated heterocycles. The number of hydrogen-bond donors (Lipinski definition) is 0. The predicted octanol–water partition coefficient (Wildman–Crippen LogP) is 2.39. The molecule has 1 rings (SSSR count). The minimum Gasteiger partial charge on any atom is -0.328 e. The zero-order valence-corrected chi connectivity index (χ0v) is 15.2. The molecule has 0 aromatic heterocycles. The average Bonchev–Trinajstić information content (AvgIpc) is 1.69. The molecule has 0 spiro atoms. The van der Waals surface area contributed by atoms with Gasteiger partial charge < -0.3 is 6.42 Å². The molecule has 1 fully saturated rings. The van der Waals surface area contributed by atoms with E-state index in [4.69, 9.17) is 0 Å². The molecule has 0 N–H and O–H groups in total. The Morgan fingerprint density at radius 1 is 1.00 bits per heavy atom. The molecule has 0 unspecified atom stereocenters. The Labute approximate surface area is 140 Å². The van der Waals surface area contributed by atoms with Crippen molar-refractivity contribution in [2.45, 2.75) is 32.6 Å². The molecule has 1 saturated carbocycles. The van der Waals surface area contributed by atoms with Crippen LogP contribution in [0.4, 0.5) is 0 Å². The van der Waals surface area contributed by atoms with Crippen LogP contribution >= 0.6 is 0 Å². The largest absolute Gasteiger partial charge is 0.328 e. The first-order valence-electron chi connectivity index (χ1n) is 3.21. The van der Waals surface area contributed by atoms with Crippen LogP contribution in [0.25, 0.3) is 0 Å². The third-order valence-corrected chi connectivity index (χ3v) is 1.73. The Hall–Kier alpha value is 3.31. The van der Waals surface area contributed by atoms with Crippen molar-refractivity contribution in [3.63, 3.8) is 0 Å². The molecule has 3 heteroatoms. The topological polar surface area (TPSA) is 0 Å². The Balaban J connectivity index is -0.000000163. The van der Waals surface area contributed by atoms with E-state index in [-0.39, 0.29) is 98.1 Å². The molecule has 0 aromatic carbocycles. The Morgan fingerprint density at radius 2 is 1.40 bits per heavy atom. The molecule has 1 aliphatic rings. The van der Waals surface area contributed by atoms with Gasteiger partial charge in [-0.15, -0.1) is 0 Å². The van der Waals surface area contributed by atoms with Gasteiger partial charge in [0.1, 0.15) is 0 Å². The first-order chi connectivity index (χ1) is 3.39. The zero-order chi connectivity index (χ0) is 5.11. The van der Waals surface area contributed by atoms with Crippen molar-refractivity contribution in [1.82, 2.24) is 0 Å². The van der Waals surface area contributed by atoms with Crippen molar-refractivity contribution in [3.8, 4) is 0 Å². The normalized spacial score (nSPS) is 17.7. The zero-order valence-electron chi connectivity index (χ0n) is 6.72. The van der Waals surface area contributed by atoms with Crippen molar-refractivity contribution in [2.75, 3.05) is 0 Å². The second-order valence-corrected chi connectivity index (χ2v) is 2.55. The SMILES string of the molecule is CC1CC[CH-]CC1.[Y].[Y].[Y]. The molecule has 0 bridgehead atoms. The van der Waals surface area contributed by atoms with Crippen LogP contribution in [-0.4, -0.2) is 0 Å². The maximum absolute atomic E-state index is 2.40. The van der Waals surface area contributed by atoms with Crippen molar-refractivity contribution >= 4 is 0 Å². The van der Waals surface area contributed by atoms with E-state index in [2.05, 4.69) is 13.3 Å². The van der Waals surface area contributed by atoms with Gasteiger partial charge in [-0.25, -0.2) is 0 Å². The summed E-state index contributed by atoms with van der Waals surface area (Å²) in [7, 11) is 0. The first-order valence-corrected chi connectivity index (χ1v) is 3.21. The monoisotopic (exact) mass is 364 g/mol. The fourth-order valence-electron chi connectivity index (χ4n) is 1.09. The van der Waals surface area contributed by atoms with Gasteiger partial charge in [0, 0.05) is 98.1 Å². The van der Waals surface area contributed by atoms with Crippen LogP contribution in [0.5, 0.6) is 0 Å². The summed E-state index contributed by atoms with van der Waals surface area (Å²) in [6, 6.07) is 0. The maximum atomic E-state index is 2.40. The average molecular weight is 364 g/mol. The fourth-order valence-corrected chi connectivity index (χ4v) is 1.09. The first kappa shape index (κ1) is 19.0. The van der Waals surface area contributed by atoms with Crippen molar-refractivity contribution < 1.29 is 98.1 Å². The number of hydrogen-bond acceptors (Lipinski definition) is 0. The van der Waals surface area contributed by atoms with E-state index in [1.807, 2.05) is 0 Å². The predicted molar refractivity (Wildman–Crippen MR) is 31.9 cm³/mol. The van der Waals surface area contributed by atoms with Crippen LogP contribution in [0, 0.1) is 12.3 Å². The summed E-state index contributed by atoms with van der Waals surface area (Å²) in [6.45, 7) is 2.34. The summed E-state index contributed by atoms with van der Waals surface area (Å²) in [5.74, 6) is 1.00. The quantitative estimate of drug-likeness (QED) is 0.580. The third kappa shape index (κ3) is 9.40. The summed E-state index contributed by atoms with van der Waals surface area (Å²) >= 11 is 0. The van der Waals surface area contributed by atoms with Gasteiger partial charge in [0.2, 0.25) is 0 Å². The molecular formula is C7H13Y3-. The van der Waals surface area contributed by atoms with Gasteiger partial charge in [0.25, 0.3) is 0 Å². The smallest absolute Gasteiger partial charge is 0 e. The molecular weight excluding hydrogens is 351 g/mol. The van der Waals surface area contributed by atoms with Gasteiger partial charge in [-0.3, -0.25) is 0 Å². The minimum atomic E-state index is 0. The van der Waals surface area contributed by atoms with Crippen LogP contribution in [0.15, 0.2) is 0 Å². The Morgan fingerprint density at radius 3 is 1.60 bits per heavy atom. The van der Waals surface area contributed by atoms with E-state index < -0.39 is 0 Å². The molecule has 0 heterocycles. The van der Waals surface area contributed by atoms with Crippen LogP contribution in [0.2, 0.25) is 0 Å². The molecule has 3 radical (unpaired) electrons. The van der Waals surface area contributed by atoms with E-state index in [9.17, 15) is 0 Å². The van der Waals surface area contributed by atoms with Crippen molar-refractivity contribution in [3.05, 3.63) is 6.42 Å². The van der Waals surface area contributed by atoms with Crippen molar-refractivity contribution in [2.24, 2.45) is 5.92 Å². The molecule has 0 amide bonds. The van der Waals surface area contributed by atoms with E-state index in [1.54, 1.807) is 0 Å². The van der Waals surface area contributed by atoms with E-state index in [0.29, 0.717) is 0 Å². The molecule has 10 heavy (non-hydrogen) atoms. The molecule has 0 aromatic rings. The van der Waals surface area contributed by atoms with Gasteiger partial charge in [-0.2, -0.15) is 12.8 Å². The third-order valence-electron chi connectivity index (χ3n) is 1.73. The van der Waals surface area contributed by atoms with E-state index in [0.717, 1.165) is 5.92 Å². The summed E-state index contributed by atoms with van der Waals surface area (Å²) < 4.78 is 0. The maximum Gasteiger partial charge on any atom is 0 e. The molecule has 0 nitrogen and oxygen atoms in total. The summed E-state index contributed by atoms with van der Waals surface area (Å²) in [4.78, 5) is 0. The Bertz CT molecular complexity index is 50.8. The summed E-state index contributed by atoms with van der Waals surface area (Å²) in [5.41, 5.74) is 0. The van der Waals surface area contributed by atoms with Gasteiger partial charge in [0.05, 0.1) is 0 Å². The summed E-state index contributed by atoms with van der Waals surface area (Å²) in [6.07, 6.45) is 7.99. The Kier molecular flexibility index (Phi) is 23.4. The molecule has 51 valence electrons. The standard InChI is InChI=1S/C7H13.3Y/c1-7-5-3-2-4-6-7;;;/h2,7H,3-6H2,1H3;;;/q-1;;;. The molecule has 0 aliphatic heterocycles. The number of rotatable bonds is 0. The molecule has 0 atom stereocenters. The second-order valence-electron chi connectivity index (χ2n) is 2.55. The second kappa shape index (κ2) is 12.3. The van der Waals surface area contributed by atoms with Crippen molar-refractivity contribution in [1.29, 1.82) is 0 Å². The van der Waals surface area contributed by atoms with Crippen LogP contribution < -0.4 is 0 Å².